The standard InChI is InChI=1S/C15H17N5O2/c1-10-13(3-2-7-17-10)22-11-6-8-20(9-11)14-5-4-12(15(16)21)18-19-14/h2-5,7,11H,6,8-9H2,1H3,(H2,16,21). The number of hydrogen-bond donors (Lipinski definition) is 1. The van der Waals surface area contributed by atoms with Crippen LogP contribution in [0.5, 0.6) is 5.75 Å². The molecule has 1 saturated heterocycles. The molecule has 2 aromatic rings. The molecular weight excluding hydrogens is 282 g/mol. The van der Waals surface area contributed by atoms with Gasteiger partial charge in [-0.3, -0.25) is 9.78 Å². The Kier molecular flexibility index (Phi) is 3.86. The molecule has 2 N–H and O–H groups in total. The lowest BCUT2D eigenvalue weighted by Gasteiger charge is -2.18. The van der Waals surface area contributed by atoms with Gasteiger partial charge in [-0.1, -0.05) is 0 Å². The summed E-state index contributed by atoms with van der Waals surface area (Å²) in [4.78, 5) is 17.3. The van der Waals surface area contributed by atoms with Crippen molar-refractivity contribution in [3.63, 3.8) is 0 Å². The fraction of sp³-hybridized carbons (Fsp3) is 0.333. The molecule has 1 atom stereocenters. The number of hydrogen-bond acceptors (Lipinski definition) is 6. The van der Waals surface area contributed by atoms with E-state index in [0.29, 0.717) is 0 Å². The first-order valence-electron chi connectivity index (χ1n) is 7.10. The molecule has 7 heteroatoms. The van der Waals surface area contributed by atoms with Crippen LogP contribution in [-0.2, 0) is 0 Å². The van der Waals surface area contributed by atoms with E-state index in [9.17, 15) is 4.79 Å². The summed E-state index contributed by atoms with van der Waals surface area (Å²) in [7, 11) is 0. The second kappa shape index (κ2) is 5.97. The van der Waals surface area contributed by atoms with Crippen LogP contribution in [0.2, 0.25) is 0 Å². The van der Waals surface area contributed by atoms with Gasteiger partial charge in [0, 0.05) is 19.2 Å². The van der Waals surface area contributed by atoms with Gasteiger partial charge in [0.1, 0.15) is 11.9 Å². The summed E-state index contributed by atoms with van der Waals surface area (Å²) in [5.74, 6) is 0.956. The number of ether oxygens (including phenoxy) is 1. The molecule has 3 heterocycles. The number of anilines is 1. The first-order valence-corrected chi connectivity index (χ1v) is 7.10. The number of nitrogens with two attached hydrogens (primary N) is 1. The van der Waals surface area contributed by atoms with Gasteiger partial charge in [-0.05, 0) is 31.2 Å². The molecule has 0 spiro atoms. The molecule has 1 aliphatic heterocycles. The Labute approximate surface area is 128 Å². The normalized spacial score (nSPS) is 17.5. The highest BCUT2D eigenvalue weighted by atomic mass is 16.5. The van der Waals surface area contributed by atoms with Crippen LogP contribution >= 0.6 is 0 Å². The summed E-state index contributed by atoms with van der Waals surface area (Å²) >= 11 is 0. The molecule has 0 saturated carbocycles. The van der Waals surface area contributed by atoms with Crippen molar-refractivity contribution in [3.8, 4) is 5.75 Å². The van der Waals surface area contributed by atoms with E-state index in [1.165, 1.54) is 0 Å². The van der Waals surface area contributed by atoms with E-state index in [1.807, 2.05) is 19.1 Å². The van der Waals surface area contributed by atoms with Crippen LogP contribution < -0.4 is 15.4 Å². The van der Waals surface area contributed by atoms with Crippen molar-refractivity contribution in [2.45, 2.75) is 19.4 Å². The molecule has 114 valence electrons. The third kappa shape index (κ3) is 2.98. The smallest absolute Gasteiger partial charge is 0.269 e. The quantitative estimate of drug-likeness (QED) is 0.902. The Hall–Kier alpha value is -2.70. The maximum atomic E-state index is 11.0. The predicted octanol–water partition coefficient (Wildman–Crippen LogP) is 0.937. The molecule has 1 amide bonds. The first-order chi connectivity index (χ1) is 10.6. The van der Waals surface area contributed by atoms with E-state index < -0.39 is 5.91 Å². The molecule has 1 aliphatic rings. The summed E-state index contributed by atoms with van der Waals surface area (Å²) in [6, 6.07) is 7.13. The average Bonchev–Trinajstić information content (AvgIpc) is 2.98. The molecule has 0 radical (unpaired) electrons. The molecule has 22 heavy (non-hydrogen) atoms. The minimum atomic E-state index is -0.575. The number of pyridine rings is 1. The highest BCUT2D eigenvalue weighted by Gasteiger charge is 2.25. The SMILES string of the molecule is Cc1ncccc1OC1CCN(c2ccc(C(N)=O)nn2)C1. The molecule has 1 fully saturated rings. The largest absolute Gasteiger partial charge is 0.487 e. The highest BCUT2D eigenvalue weighted by Crippen LogP contribution is 2.23. The first kappa shape index (κ1) is 14.2. The Morgan fingerprint density at radius 2 is 2.23 bits per heavy atom. The lowest BCUT2D eigenvalue weighted by molar-refractivity contribution is 0.0994. The number of aryl methyl sites for hydroxylation is 1. The van der Waals surface area contributed by atoms with Crippen molar-refractivity contribution in [1.29, 1.82) is 0 Å². The molecule has 0 aromatic carbocycles. The molecule has 2 aromatic heterocycles. The summed E-state index contributed by atoms with van der Waals surface area (Å²) in [6.07, 6.45) is 2.73. The lowest BCUT2D eigenvalue weighted by atomic mass is 10.3. The molecule has 0 bridgehead atoms. The van der Waals surface area contributed by atoms with Crippen molar-refractivity contribution in [2.75, 3.05) is 18.0 Å². The van der Waals surface area contributed by atoms with Gasteiger partial charge in [0.05, 0.1) is 12.2 Å². The van der Waals surface area contributed by atoms with Gasteiger partial charge in [-0.2, -0.15) is 0 Å². The Balaban J connectivity index is 1.65. The summed E-state index contributed by atoms with van der Waals surface area (Å²) in [6.45, 7) is 3.48. The van der Waals surface area contributed by atoms with E-state index in [0.717, 1.165) is 36.8 Å². The van der Waals surface area contributed by atoms with Crippen molar-refractivity contribution in [3.05, 3.63) is 41.9 Å². The molecule has 3 rings (SSSR count). The number of primary amides is 1. The maximum absolute atomic E-state index is 11.0. The number of amides is 1. The molecule has 0 aliphatic carbocycles. The van der Waals surface area contributed by atoms with Crippen LogP contribution in [-0.4, -0.2) is 40.3 Å². The minimum Gasteiger partial charge on any atom is -0.487 e. The van der Waals surface area contributed by atoms with Crippen LogP contribution in [0.1, 0.15) is 22.6 Å². The van der Waals surface area contributed by atoms with Gasteiger partial charge >= 0.3 is 0 Å². The van der Waals surface area contributed by atoms with Crippen molar-refractivity contribution >= 4 is 11.7 Å². The number of carbonyl (C=O) groups excluding carboxylic acids is 1. The molecular formula is C15H17N5O2. The molecule has 7 nitrogen and oxygen atoms in total. The fourth-order valence-electron chi connectivity index (χ4n) is 2.43. The van der Waals surface area contributed by atoms with Gasteiger partial charge in [0.15, 0.2) is 11.5 Å². The minimum absolute atomic E-state index is 0.0838. The van der Waals surface area contributed by atoms with Gasteiger partial charge in [0.25, 0.3) is 5.91 Å². The highest BCUT2D eigenvalue weighted by molar-refractivity contribution is 5.90. The summed E-state index contributed by atoms with van der Waals surface area (Å²) in [5, 5.41) is 7.88. The second-order valence-corrected chi connectivity index (χ2v) is 5.20. The van der Waals surface area contributed by atoms with Crippen LogP contribution in [0.3, 0.4) is 0 Å². The van der Waals surface area contributed by atoms with E-state index in [2.05, 4.69) is 20.1 Å². The van der Waals surface area contributed by atoms with Gasteiger partial charge < -0.3 is 15.4 Å². The predicted molar refractivity (Wildman–Crippen MR) is 80.8 cm³/mol. The monoisotopic (exact) mass is 299 g/mol. The third-order valence-electron chi connectivity index (χ3n) is 3.62. The van der Waals surface area contributed by atoms with Gasteiger partial charge in [-0.25, -0.2) is 0 Å². The zero-order valence-electron chi connectivity index (χ0n) is 12.3. The van der Waals surface area contributed by atoms with Crippen molar-refractivity contribution < 1.29 is 9.53 Å². The van der Waals surface area contributed by atoms with Crippen LogP contribution in [0, 0.1) is 6.92 Å². The van der Waals surface area contributed by atoms with Crippen LogP contribution in [0.15, 0.2) is 30.5 Å². The van der Waals surface area contributed by atoms with E-state index >= 15 is 0 Å². The summed E-state index contributed by atoms with van der Waals surface area (Å²) in [5.41, 5.74) is 6.21. The second-order valence-electron chi connectivity index (χ2n) is 5.20. The van der Waals surface area contributed by atoms with E-state index in [-0.39, 0.29) is 11.8 Å². The summed E-state index contributed by atoms with van der Waals surface area (Å²) < 4.78 is 5.99. The zero-order valence-corrected chi connectivity index (χ0v) is 12.3. The van der Waals surface area contributed by atoms with Crippen molar-refractivity contribution in [2.24, 2.45) is 5.73 Å². The number of aromatic nitrogens is 3. The Bertz CT molecular complexity index is 674. The fourth-order valence-corrected chi connectivity index (χ4v) is 2.43. The van der Waals surface area contributed by atoms with Gasteiger partial charge in [-0.15, -0.1) is 10.2 Å². The number of rotatable bonds is 4. The Morgan fingerprint density at radius 3 is 2.91 bits per heavy atom. The van der Waals surface area contributed by atoms with E-state index in [4.69, 9.17) is 10.5 Å². The number of nitrogens with zero attached hydrogens (tertiary/aromatic N) is 4. The lowest BCUT2D eigenvalue weighted by Crippen LogP contribution is -2.26. The average molecular weight is 299 g/mol. The zero-order chi connectivity index (χ0) is 15.5. The third-order valence-corrected chi connectivity index (χ3v) is 3.62. The van der Waals surface area contributed by atoms with Crippen LogP contribution in [0.25, 0.3) is 0 Å². The maximum Gasteiger partial charge on any atom is 0.269 e. The Morgan fingerprint density at radius 1 is 1.36 bits per heavy atom. The van der Waals surface area contributed by atoms with E-state index in [1.54, 1.807) is 18.3 Å². The topological polar surface area (TPSA) is 94.2 Å². The molecule has 1 unspecified atom stereocenters. The van der Waals surface area contributed by atoms with Crippen LogP contribution in [0.4, 0.5) is 5.82 Å². The van der Waals surface area contributed by atoms with Gasteiger partial charge in [0.2, 0.25) is 0 Å². The number of carbonyl (C=O) groups is 1. The van der Waals surface area contributed by atoms with Crippen molar-refractivity contribution in [1.82, 2.24) is 15.2 Å².